The molecule has 3 atom stereocenters. The highest BCUT2D eigenvalue weighted by Crippen LogP contribution is 2.50. The summed E-state index contributed by atoms with van der Waals surface area (Å²) in [6, 6.07) is 18.4. The van der Waals surface area contributed by atoms with E-state index >= 15 is 0 Å². The Balaban J connectivity index is 1.49. The van der Waals surface area contributed by atoms with Crippen LogP contribution in [0, 0.1) is 12.8 Å². The minimum atomic E-state index is -3.74. The van der Waals surface area contributed by atoms with Crippen LogP contribution in [0.2, 0.25) is 10.0 Å². The van der Waals surface area contributed by atoms with Crippen LogP contribution >= 0.6 is 23.2 Å². The van der Waals surface area contributed by atoms with Crippen molar-refractivity contribution in [3.8, 4) is 0 Å². The van der Waals surface area contributed by atoms with Crippen LogP contribution in [0.15, 0.2) is 77.7 Å². The largest absolute Gasteiger partial charge is 0.378 e. The molecule has 1 aliphatic heterocycles. The fourth-order valence-corrected chi connectivity index (χ4v) is 6.31. The average molecular weight is 485 g/mol. The summed E-state index contributed by atoms with van der Waals surface area (Å²) >= 11 is 12.2. The van der Waals surface area contributed by atoms with Crippen molar-refractivity contribution in [1.82, 2.24) is 0 Å². The molecule has 0 aromatic heterocycles. The van der Waals surface area contributed by atoms with Crippen LogP contribution in [0.1, 0.15) is 35.1 Å². The molecule has 0 fully saturated rings. The highest BCUT2D eigenvalue weighted by atomic mass is 35.5. The van der Waals surface area contributed by atoms with Crippen LogP contribution in [0.25, 0.3) is 0 Å². The standard InChI is InChI=1S/C25H22Cl2N2O2S/c1-15-12-18(27)8-10-23(15)29-32(30,31)19-9-11-24-22(14-19)20-6-3-7-21(20)25(28-24)16-4-2-5-17(26)13-16/h2-6,8-14,20-21,25,28-29H,7H2,1H3/t20?,21?,25-/m1/s1. The summed E-state index contributed by atoms with van der Waals surface area (Å²) in [5.74, 6) is 0.438. The molecule has 0 saturated carbocycles. The van der Waals surface area contributed by atoms with Crippen molar-refractivity contribution in [1.29, 1.82) is 0 Å². The molecule has 0 amide bonds. The van der Waals surface area contributed by atoms with Gasteiger partial charge in [0.25, 0.3) is 10.0 Å². The molecule has 4 nitrogen and oxygen atoms in total. The summed E-state index contributed by atoms with van der Waals surface area (Å²) in [5, 5.41) is 4.91. The van der Waals surface area contributed by atoms with E-state index in [0.29, 0.717) is 21.7 Å². The van der Waals surface area contributed by atoms with E-state index < -0.39 is 10.0 Å². The highest BCUT2D eigenvalue weighted by Gasteiger charge is 2.38. The topological polar surface area (TPSA) is 58.2 Å². The predicted octanol–water partition coefficient (Wildman–Crippen LogP) is 6.93. The molecule has 2 N–H and O–H groups in total. The molecule has 0 spiro atoms. The van der Waals surface area contributed by atoms with Crippen LogP contribution in [0.5, 0.6) is 0 Å². The molecule has 2 aliphatic rings. The van der Waals surface area contributed by atoms with E-state index in [1.54, 1.807) is 30.3 Å². The minimum Gasteiger partial charge on any atom is -0.378 e. The van der Waals surface area contributed by atoms with Crippen LogP contribution < -0.4 is 10.0 Å². The molecule has 0 bridgehead atoms. The smallest absolute Gasteiger partial charge is 0.261 e. The van der Waals surface area contributed by atoms with Gasteiger partial charge in [0.05, 0.1) is 16.6 Å². The lowest BCUT2D eigenvalue weighted by molar-refractivity contribution is 0.425. The zero-order valence-corrected chi connectivity index (χ0v) is 19.7. The zero-order chi connectivity index (χ0) is 22.5. The number of sulfonamides is 1. The second-order valence-corrected chi connectivity index (χ2v) is 10.9. The summed E-state index contributed by atoms with van der Waals surface area (Å²) in [6.07, 6.45) is 5.29. The van der Waals surface area contributed by atoms with E-state index in [1.165, 1.54) is 0 Å². The number of hydrogen-bond acceptors (Lipinski definition) is 3. The third-order valence-electron chi connectivity index (χ3n) is 6.29. The summed E-state index contributed by atoms with van der Waals surface area (Å²) < 4.78 is 29.0. The number of allylic oxidation sites excluding steroid dienone is 2. The average Bonchev–Trinajstić information content (AvgIpc) is 3.25. The van der Waals surface area contributed by atoms with Gasteiger partial charge in [0.15, 0.2) is 0 Å². The van der Waals surface area contributed by atoms with Gasteiger partial charge >= 0.3 is 0 Å². The maximum absolute atomic E-state index is 13.1. The Morgan fingerprint density at radius 1 is 1.00 bits per heavy atom. The third kappa shape index (κ3) is 3.90. The second-order valence-electron chi connectivity index (χ2n) is 8.34. The zero-order valence-electron chi connectivity index (χ0n) is 17.3. The number of fused-ring (bicyclic) bond motifs is 3. The first-order chi connectivity index (χ1) is 15.3. The molecule has 164 valence electrons. The monoisotopic (exact) mass is 484 g/mol. The Labute approximate surface area is 198 Å². The Morgan fingerprint density at radius 2 is 1.81 bits per heavy atom. The first kappa shape index (κ1) is 21.4. The molecule has 2 unspecified atom stereocenters. The maximum atomic E-state index is 13.1. The Hall–Kier alpha value is -2.47. The van der Waals surface area contributed by atoms with Crippen LogP contribution in [0.4, 0.5) is 11.4 Å². The van der Waals surface area contributed by atoms with Gasteiger partial charge in [-0.15, -0.1) is 0 Å². The molecular weight excluding hydrogens is 463 g/mol. The van der Waals surface area contributed by atoms with Crippen molar-refractivity contribution in [3.63, 3.8) is 0 Å². The number of nitrogens with one attached hydrogen (secondary N) is 2. The number of hydrogen-bond donors (Lipinski definition) is 2. The van der Waals surface area contributed by atoms with Crippen LogP contribution in [-0.2, 0) is 10.0 Å². The molecule has 0 saturated heterocycles. The summed E-state index contributed by atoms with van der Waals surface area (Å²) in [6.45, 7) is 1.82. The van der Waals surface area contributed by atoms with E-state index in [2.05, 4.69) is 28.3 Å². The summed E-state index contributed by atoms with van der Waals surface area (Å²) in [5.41, 5.74) is 4.37. The van der Waals surface area contributed by atoms with Gasteiger partial charge in [-0.25, -0.2) is 8.42 Å². The third-order valence-corrected chi connectivity index (χ3v) is 8.12. The molecule has 5 rings (SSSR count). The van der Waals surface area contributed by atoms with Gasteiger partial charge in [-0.3, -0.25) is 4.72 Å². The van der Waals surface area contributed by atoms with Crippen molar-refractivity contribution in [2.45, 2.75) is 30.2 Å². The molecule has 32 heavy (non-hydrogen) atoms. The Kier molecular flexibility index (Phi) is 5.44. The molecule has 0 radical (unpaired) electrons. The first-order valence-corrected chi connectivity index (χ1v) is 12.7. The SMILES string of the molecule is Cc1cc(Cl)ccc1NS(=O)(=O)c1ccc2c(c1)C1C=CCC1[C@@H](c1cccc(Cl)c1)N2. The van der Waals surface area contributed by atoms with Gasteiger partial charge in [0.1, 0.15) is 0 Å². The van der Waals surface area contributed by atoms with Crippen molar-refractivity contribution in [2.75, 3.05) is 10.0 Å². The molecular formula is C25H22Cl2N2O2S. The lowest BCUT2D eigenvalue weighted by atomic mass is 9.77. The minimum absolute atomic E-state index is 0.110. The molecule has 1 heterocycles. The highest BCUT2D eigenvalue weighted by molar-refractivity contribution is 7.92. The van der Waals surface area contributed by atoms with Crippen molar-refractivity contribution in [2.24, 2.45) is 5.92 Å². The van der Waals surface area contributed by atoms with Crippen molar-refractivity contribution in [3.05, 3.63) is 99.6 Å². The van der Waals surface area contributed by atoms with E-state index in [1.807, 2.05) is 31.2 Å². The second kappa shape index (κ2) is 8.14. The number of halogens is 2. The van der Waals surface area contributed by atoms with Crippen molar-refractivity contribution < 1.29 is 8.42 Å². The Bertz CT molecular complexity index is 1340. The quantitative estimate of drug-likeness (QED) is 0.394. The Morgan fingerprint density at radius 3 is 2.59 bits per heavy atom. The molecule has 1 aliphatic carbocycles. The van der Waals surface area contributed by atoms with Gasteiger partial charge in [-0.2, -0.15) is 0 Å². The fraction of sp³-hybridized carbons (Fsp3) is 0.200. The molecule has 3 aromatic carbocycles. The summed E-state index contributed by atoms with van der Waals surface area (Å²) in [7, 11) is -3.74. The lowest BCUT2D eigenvalue weighted by Crippen LogP contribution is -2.29. The van der Waals surface area contributed by atoms with Crippen LogP contribution in [0.3, 0.4) is 0 Å². The normalized spacial score (nSPS) is 21.5. The molecule has 3 aromatic rings. The van der Waals surface area contributed by atoms with Gasteiger partial charge in [-0.1, -0.05) is 47.5 Å². The maximum Gasteiger partial charge on any atom is 0.261 e. The fourth-order valence-electron chi connectivity index (χ4n) is 4.71. The van der Waals surface area contributed by atoms with Gasteiger partial charge < -0.3 is 5.32 Å². The van der Waals surface area contributed by atoms with Gasteiger partial charge in [0, 0.05) is 21.7 Å². The van der Waals surface area contributed by atoms with E-state index in [4.69, 9.17) is 23.2 Å². The number of benzene rings is 3. The van der Waals surface area contributed by atoms with Crippen LogP contribution in [-0.4, -0.2) is 8.42 Å². The number of rotatable bonds is 4. The predicted molar refractivity (Wildman–Crippen MR) is 131 cm³/mol. The van der Waals surface area contributed by atoms with Gasteiger partial charge in [-0.05, 0) is 84.5 Å². The lowest BCUT2D eigenvalue weighted by Gasteiger charge is -2.37. The summed E-state index contributed by atoms with van der Waals surface area (Å²) in [4.78, 5) is 0.243. The van der Waals surface area contributed by atoms with E-state index in [9.17, 15) is 8.42 Å². The first-order valence-electron chi connectivity index (χ1n) is 10.4. The van der Waals surface area contributed by atoms with E-state index in [0.717, 1.165) is 28.8 Å². The van der Waals surface area contributed by atoms with Crippen molar-refractivity contribution >= 4 is 44.6 Å². The number of anilines is 2. The van der Waals surface area contributed by atoms with Gasteiger partial charge in [0.2, 0.25) is 0 Å². The number of aryl methyl sites for hydroxylation is 1. The van der Waals surface area contributed by atoms with E-state index in [-0.39, 0.29) is 16.9 Å². The molecule has 7 heteroatoms.